The van der Waals surface area contributed by atoms with Gasteiger partial charge in [-0.05, 0) is 43.5 Å². The lowest BCUT2D eigenvalue weighted by Crippen LogP contribution is -2.54. The third kappa shape index (κ3) is 4.06. The van der Waals surface area contributed by atoms with E-state index in [0.29, 0.717) is 26.1 Å². The summed E-state index contributed by atoms with van der Waals surface area (Å²) in [5, 5.41) is 2.93. The molecule has 0 aliphatic carbocycles. The Kier molecular flexibility index (Phi) is 5.38. The summed E-state index contributed by atoms with van der Waals surface area (Å²) >= 11 is 0. The van der Waals surface area contributed by atoms with E-state index < -0.39 is 5.54 Å². The van der Waals surface area contributed by atoms with E-state index in [9.17, 15) is 4.79 Å². The van der Waals surface area contributed by atoms with Gasteiger partial charge in [-0.25, -0.2) is 0 Å². The smallest absolute Gasteiger partial charge is 0.244 e. The average molecular weight is 334 g/mol. The molecule has 6 heteroatoms. The Balaban J connectivity index is 1.62. The molecule has 3 N–H and O–H groups in total. The van der Waals surface area contributed by atoms with Crippen LogP contribution in [0, 0.1) is 6.92 Å². The number of nitrogens with one attached hydrogen (secondary N) is 1. The molecule has 1 amide bonds. The Morgan fingerprint density at radius 3 is 2.54 bits per heavy atom. The van der Waals surface area contributed by atoms with Gasteiger partial charge in [0.1, 0.15) is 17.4 Å². The van der Waals surface area contributed by atoms with Gasteiger partial charge < -0.3 is 25.3 Å². The van der Waals surface area contributed by atoms with Crippen molar-refractivity contribution in [2.75, 3.05) is 31.7 Å². The average Bonchev–Trinajstić information content (AvgIpc) is 2.59. The van der Waals surface area contributed by atoms with Crippen LogP contribution in [0.3, 0.4) is 0 Å². The molecule has 24 heavy (non-hydrogen) atoms. The van der Waals surface area contributed by atoms with Crippen LogP contribution in [0.2, 0.25) is 0 Å². The first-order chi connectivity index (χ1) is 11.6. The fourth-order valence-corrected chi connectivity index (χ4v) is 3.05. The van der Waals surface area contributed by atoms with E-state index >= 15 is 0 Å². The molecule has 132 valence electrons. The van der Waals surface area contributed by atoms with Crippen molar-refractivity contribution in [3.63, 3.8) is 0 Å². The first-order valence-corrected chi connectivity index (χ1v) is 8.60. The lowest BCUT2D eigenvalue weighted by atomic mass is 9.90. The van der Waals surface area contributed by atoms with Gasteiger partial charge in [-0.2, -0.15) is 0 Å². The van der Waals surface area contributed by atoms with Crippen molar-refractivity contribution in [2.45, 2.75) is 44.2 Å². The van der Waals surface area contributed by atoms with Crippen LogP contribution in [0.1, 0.15) is 31.2 Å². The number of nitrogens with two attached hydrogens (primary N) is 1. The highest BCUT2D eigenvalue weighted by Crippen LogP contribution is 2.26. The molecule has 0 unspecified atom stereocenters. The molecular weight excluding hydrogens is 308 g/mol. The van der Waals surface area contributed by atoms with Crippen LogP contribution >= 0.6 is 0 Å². The number of benzene rings is 1. The molecule has 2 aliphatic rings. The molecule has 2 aliphatic heterocycles. The maximum Gasteiger partial charge on any atom is 0.244 e. The fraction of sp³-hybridized carbons (Fsp3) is 0.611. The number of carbonyl (C=O) groups is 1. The zero-order valence-electron chi connectivity index (χ0n) is 14.2. The first kappa shape index (κ1) is 17.2. The molecule has 0 spiro atoms. The standard InChI is InChI=1S/C18H26N2O4/c1-13-12-14(20-17(21)18(19)6-10-23-11-7-18)2-3-16(13)24-15-4-8-22-9-5-15/h2-3,12,15H,4-11,19H2,1H3,(H,20,21). The second-order valence-corrected chi connectivity index (χ2v) is 6.63. The molecule has 3 rings (SSSR count). The van der Waals surface area contributed by atoms with Crippen molar-refractivity contribution in [2.24, 2.45) is 5.73 Å². The summed E-state index contributed by atoms with van der Waals surface area (Å²) < 4.78 is 16.7. The van der Waals surface area contributed by atoms with E-state index in [1.807, 2.05) is 25.1 Å². The van der Waals surface area contributed by atoms with Gasteiger partial charge >= 0.3 is 0 Å². The third-order valence-corrected chi connectivity index (χ3v) is 4.73. The van der Waals surface area contributed by atoms with Gasteiger partial charge in [0.2, 0.25) is 5.91 Å². The summed E-state index contributed by atoms with van der Waals surface area (Å²) in [6.07, 6.45) is 3.11. The number of carbonyl (C=O) groups excluding carboxylic acids is 1. The molecule has 0 aromatic heterocycles. The SMILES string of the molecule is Cc1cc(NC(=O)C2(N)CCOCC2)ccc1OC1CCOCC1. The number of hydrogen-bond donors (Lipinski definition) is 2. The van der Waals surface area contributed by atoms with E-state index in [0.717, 1.165) is 43.1 Å². The van der Waals surface area contributed by atoms with Gasteiger partial charge in [0.25, 0.3) is 0 Å². The Bertz CT molecular complexity index is 578. The molecule has 0 bridgehead atoms. The number of rotatable bonds is 4. The van der Waals surface area contributed by atoms with Crippen LogP contribution in [0.15, 0.2) is 18.2 Å². The first-order valence-electron chi connectivity index (χ1n) is 8.60. The highest BCUT2D eigenvalue weighted by Gasteiger charge is 2.35. The maximum absolute atomic E-state index is 12.5. The van der Waals surface area contributed by atoms with Crippen LogP contribution in [0.4, 0.5) is 5.69 Å². The Hall–Kier alpha value is -1.63. The van der Waals surface area contributed by atoms with Gasteiger partial charge in [0.15, 0.2) is 0 Å². The number of ether oxygens (including phenoxy) is 3. The normalized spacial score (nSPS) is 21.2. The number of hydrogen-bond acceptors (Lipinski definition) is 5. The summed E-state index contributed by atoms with van der Waals surface area (Å²) in [4.78, 5) is 12.5. The van der Waals surface area contributed by atoms with E-state index in [1.165, 1.54) is 0 Å². The predicted octanol–water partition coefficient (Wildman–Crippen LogP) is 2.00. The minimum Gasteiger partial charge on any atom is -0.490 e. The van der Waals surface area contributed by atoms with Crippen LogP contribution in [0.5, 0.6) is 5.75 Å². The van der Waals surface area contributed by atoms with Crippen LogP contribution in [0.25, 0.3) is 0 Å². The number of anilines is 1. The molecular formula is C18H26N2O4. The van der Waals surface area contributed by atoms with Gasteiger partial charge in [-0.15, -0.1) is 0 Å². The third-order valence-electron chi connectivity index (χ3n) is 4.73. The fourth-order valence-electron chi connectivity index (χ4n) is 3.05. The second kappa shape index (κ2) is 7.51. The lowest BCUT2D eigenvalue weighted by molar-refractivity contribution is -0.124. The minimum atomic E-state index is -0.844. The summed E-state index contributed by atoms with van der Waals surface area (Å²) in [5.74, 6) is 0.705. The van der Waals surface area contributed by atoms with Gasteiger partial charge in [0.05, 0.1) is 13.2 Å². The van der Waals surface area contributed by atoms with Crippen molar-refractivity contribution < 1.29 is 19.0 Å². The Labute approximate surface area is 142 Å². The molecule has 2 heterocycles. The van der Waals surface area contributed by atoms with Gasteiger partial charge in [-0.3, -0.25) is 4.79 Å². The Morgan fingerprint density at radius 1 is 1.21 bits per heavy atom. The van der Waals surface area contributed by atoms with Crippen LogP contribution in [-0.2, 0) is 14.3 Å². The molecule has 0 atom stereocenters. The van der Waals surface area contributed by atoms with Gasteiger partial charge in [0, 0.05) is 31.7 Å². The monoisotopic (exact) mass is 334 g/mol. The van der Waals surface area contributed by atoms with Crippen molar-refractivity contribution in [1.29, 1.82) is 0 Å². The summed E-state index contributed by atoms with van der Waals surface area (Å²) in [6, 6.07) is 5.70. The highest BCUT2D eigenvalue weighted by molar-refractivity contribution is 5.98. The maximum atomic E-state index is 12.5. The van der Waals surface area contributed by atoms with Crippen molar-refractivity contribution in [1.82, 2.24) is 0 Å². The predicted molar refractivity (Wildman–Crippen MR) is 91.2 cm³/mol. The highest BCUT2D eigenvalue weighted by atomic mass is 16.5. The van der Waals surface area contributed by atoms with E-state index in [2.05, 4.69) is 5.32 Å². The quantitative estimate of drug-likeness (QED) is 0.880. The molecule has 2 saturated heterocycles. The second-order valence-electron chi connectivity index (χ2n) is 6.63. The summed E-state index contributed by atoms with van der Waals surface area (Å²) in [7, 11) is 0. The van der Waals surface area contributed by atoms with Crippen molar-refractivity contribution in [3.8, 4) is 5.75 Å². The van der Waals surface area contributed by atoms with Crippen molar-refractivity contribution >= 4 is 11.6 Å². The molecule has 0 radical (unpaired) electrons. The Morgan fingerprint density at radius 2 is 1.88 bits per heavy atom. The summed E-state index contributed by atoms with van der Waals surface area (Å²) in [5.41, 5.74) is 7.11. The molecule has 1 aromatic rings. The van der Waals surface area contributed by atoms with Crippen molar-refractivity contribution in [3.05, 3.63) is 23.8 Å². The van der Waals surface area contributed by atoms with Crippen LogP contribution < -0.4 is 15.8 Å². The van der Waals surface area contributed by atoms with Crippen LogP contribution in [-0.4, -0.2) is 44.0 Å². The number of amides is 1. The molecule has 1 aromatic carbocycles. The van der Waals surface area contributed by atoms with E-state index in [1.54, 1.807) is 0 Å². The largest absolute Gasteiger partial charge is 0.490 e. The lowest BCUT2D eigenvalue weighted by Gasteiger charge is -2.31. The minimum absolute atomic E-state index is 0.150. The summed E-state index contributed by atoms with van der Waals surface area (Å²) in [6.45, 7) is 4.54. The zero-order chi connectivity index (χ0) is 17.0. The zero-order valence-corrected chi connectivity index (χ0v) is 14.2. The molecule has 0 saturated carbocycles. The van der Waals surface area contributed by atoms with E-state index in [-0.39, 0.29) is 12.0 Å². The molecule has 2 fully saturated rings. The molecule has 6 nitrogen and oxygen atoms in total. The van der Waals surface area contributed by atoms with E-state index in [4.69, 9.17) is 19.9 Å². The topological polar surface area (TPSA) is 82.8 Å². The number of aryl methyl sites for hydroxylation is 1. The van der Waals surface area contributed by atoms with Gasteiger partial charge in [-0.1, -0.05) is 0 Å².